The summed E-state index contributed by atoms with van der Waals surface area (Å²) in [5, 5.41) is 9.94. The zero-order chi connectivity index (χ0) is 15.6. The summed E-state index contributed by atoms with van der Waals surface area (Å²) in [5.41, 5.74) is 2.45. The molecular weight excluding hydrogens is 292 g/mol. The Morgan fingerprint density at radius 2 is 2.05 bits per heavy atom. The van der Waals surface area contributed by atoms with Crippen LogP contribution in [-0.4, -0.2) is 24.5 Å². The van der Waals surface area contributed by atoms with Crippen molar-refractivity contribution in [2.75, 3.05) is 13.6 Å². The zero-order valence-electron chi connectivity index (χ0n) is 13.3. The van der Waals surface area contributed by atoms with Crippen molar-refractivity contribution in [2.45, 2.75) is 32.7 Å². The standard InChI is InChI=1S/C17H24N4S/c1-3-16-21-15(13-22-16)12-20-17(18-2)19-11-7-10-14-8-5-4-6-9-14/h4-6,8-9,13H,3,7,10-12H2,1-2H3,(H2,18,19,20). The molecule has 0 spiro atoms. The lowest BCUT2D eigenvalue weighted by Crippen LogP contribution is -2.37. The van der Waals surface area contributed by atoms with E-state index in [2.05, 4.69) is 63.2 Å². The molecule has 0 saturated heterocycles. The van der Waals surface area contributed by atoms with Gasteiger partial charge in [-0.1, -0.05) is 37.3 Å². The van der Waals surface area contributed by atoms with Gasteiger partial charge in [0.25, 0.3) is 0 Å². The second kappa shape index (κ2) is 9.20. The summed E-state index contributed by atoms with van der Waals surface area (Å²) in [7, 11) is 1.80. The van der Waals surface area contributed by atoms with Gasteiger partial charge in [-0.05, 0) is 24.8 Å². The van der Waals surface area contributed by atoms with Crippen LogP contribution in [0.3, 0.4) is 0 Å². The molecule has 0 radical (unpaired) electrons. The Morgan fingerprint density at radius 1 is 1.23 bits per heavy atom. The molecule has 5 heteroatoms. The van der Waals surface area contributed by atoms with Gasteiger partial charge in [0.2, 0.25) is 0 Å². The van der Waals surface area contributed by atoms with Gasteiger partial charge in [-0.2, -0.15) is 0 Å². The quantitative estimate of drug-likeness (QED) is 0.469. The molecule has 0 bridgehead atoms. The highest BCUT2D eigenvalue weighted by atomic mass is 32.1. The maximum absolute atomic E-state index is 4.54. The van der Waals surface area contributed by atoms with Crippen LogP contribution in [0.1, 0.15) is 29.6 Å². The van der Waals surface area contributed by atoms with Gasteiger partial charge in [0.1, 0.15) is 0 Å². The van der Waals surface area contributed by atoms with Crippen molar-refractivity contribution in [1.82, 2.24) is 15.6 Å². The summed E-state index contributed by atoms with van der Waals surface area (Å²) in [5.74, 6) is 0.833. The molecule has 0 aliphatic carbocycles. The van der Waals surface area contributed by atoms with Crippen LogP contribution < -0.4 is 10.6 Å². The van der Waals surface area contributed by atoms with E-state index in [0.717, 1.165) is 44.0 Å². The molecule has 0 aliphatic heterocycles. The van der Waals surface area contributed by atoms with Crippen LogP contribution in [0.2, 0.25) is 0 Å². The van der Waals surface area contributed by atoms with Crippen molar-refractivity contribution in [3.8, 4) is 0 Å². The average Bonchev–Trinajstić information content (AvgIpc) is 3.03. The Hall–Kier alpha value is -1.88. The fourth-order valence-electron chi connectivity index (χ4n) is 2.13. The van der Waals surface area contributed by atoms with E-state index < -0.39 is 0 Å². The maximum atomic E-state index is 4.54. The summed E-state index contributed by atoms with van der Waals surface area (Å²) in [6.45, 7) is 3.75. The van der Waals surface area contributed by atoms with Crippen molar-refractivity contribution < 1.29 is 0 Å². The second-order valence-electron chi connectivity index (χ2n) is 5.03. The Balaban J connectivity index is 1.67. The van der Waals surface area contributed by atoms with Crippen LogP contribution in [0.15, 0.2) is 40.7 Å². The first-order valence-electron chi connectivity index (χ1n) is 7.73. The highest BCUT2D eigenvalue weighted by molar-refractivity contribution is 7.09. The summed E-state index contributed by atoms with van der Waals surface area (Å²) in [6, 6.07) is 10.6. The minimum absolute atomic E-state index is 0.717. The molecule has 1 aromatic heterocycles. The molecule has 4 nitrogen and oxygen atoms in total. The predicted molar refractivity (Wildman–Crippen MR) is 94.5 cm³/mol. The first kappa shape index (κ1) is 16.5. The molecule has 0 atom stereocenters. The van der Waals surface area contributed by atoms with Crippen LogP contribution in [0, 0.1) is 0 Å². The Labute approximate surface area is 136 Å². The fourth-order valence-corrected chi connectivity index (χ4v) is 2.88. The number of hydrogen-bond acceptors (Lipinski definition) is 3. The predicted octanol–water partition coefficient (Wildman–Crippen LogP) is 3.00. The highest BCUT2D eigenvalue weighted by Crippen LogP contribution is 2.09. The summed E-state index contributed by atoms with van der Waals surface area (Å²) in [4.78, 5) is 8.79. The minimum atomic E-state index is 0.717. The van der Waals surface area contributed by atoms with Crippen molar-refractivity contribution in [3.63, 3.8) is 0 Å². The van der Waals surface area contributed by atoms with E-state index in [1.807, 2.05) is 0 Å². The molecular formula is C17H24N4S. The van der Waals surface area contributed by atoms with Crippen LogP contribution in [0.4, 0.5) is 0 Å². The van der Waals surface area contributed by atoms with Gasteiger partial charge in [0, 0.05) is 19.0 Å². The van der Waals surface area contributed by atoms with Crippen molar-refractivity contribution in [2.24, 2.45) is 4.99 Å². The molecule has 2 N–H and O–H groups in total. The van der Waals surface area contributed by atoms with E-state index in [4.69, 9.17) is 0 Å². The molecule has 0 aliphatic rings. The second-order valence-corrected chi connectivity index (χ2v) is 5.97. The molecule has 2 aromatic rings. The number of rotatable bonds is 7. The minimum Gasteiger partial charge on any atom is -0.356 e. The Morgan fingerprint density at radius 3 is 2.73 bits per heavy atom. The van der Waals surface area contributed by atoms with E-state index >= 15 is 0 Å². The van der Waals surface area contributed by atoms with Gasteiger partial charge in [-0.3, -0.25) is 4.99 Å². The third-order valence-electron chi connectivity index (χ3n) is 3.34. The normalized spacial score (nSPS) is 11.5. The lowest BCUT2D eigenvalue weighted by Gasteiger charge is -2.10. The first-order chi connectivity index (χ1) is 10.8. The average molecular weight is 316 g/mol. The van der Waals surface area contributed by atoms with E-state index in [-0.39, 0.29) is 0 Å². The van der Waals surface area contributed by atoms with Crippen LogP contribution in [-0.2, 0) is 19.4 Å². The lowest BCUT2D eigenvalue weighted by atomic mass is 10.1. The zero-order valence-corrected chi connectivity index (χ0v) is 14.1. The third-order valence-corrected chi connectivity index (χ3v) is 4.38. The van der Waals surface area contributed by atoms with E-state index in [1.54, 1.807) is 18.4 Å². The molecule has 118 valence electrons. The smallest absolute Gasteiger partial charge is 0.191 e. The van der Waals surface area contributed by atoms with Crippen LogP contribution >= 0.6 is 11.3 Å². The van der Waals surface area contributed by atoms with Crippen LogP contribution in [0.25, 0.3) is 0 Å². The van der Waals surface area contributed by atoms with Gasteiger partial charge in [0.05, 0.1) is 17.2 Å². The molecule has 2 rings (SSSR count). The van der Waals surface area contributed by atoms with Crippen LogP contribution in [0.5, 0.6) is 0 Å². The number of hydrogen-bond donors (Lipinski definition) is 2. The van der Waals surface area contributed by atoms with Gasteiger partial charge >= 0.3 is 0 Å². The summed E-state index contributed by atoms with van der Waals surface area (Å²) in [6.07, 6.45) is 3.16. The maximum Gasteiger partial charge on any atom is 0.191 e. The molecule has 1 aromatic carbocycles. The number of aliphatic imine (C=N–C) groups is 1. The highest BCUT2D eigenvalue weighted by Gasteiger charge is 2.02. The lowest BCUT2D eigenvalue weighted by molar-refractivity contribution is 0.738. The number of nitrogens with zero attached hydrogens (tertiary/aromatic N) is 2. The van der Waals surface area contributed by atoms with Gasteiger partial charge in [0.15, 0.2) is 5.96 Å². The molecule has 0 saturated carbocycles. The third kappa shape index (κ3) is 5.48. The van der Waals surface area contributed by atoms with E-state index in [1.165, 1.54) is 10.6 Å². The number of benzene rings is 1. The molecule has 0 fully saturated rings. The number of aromatic nitrogens is 1. The molecule has 22 heavy (non-hydrogen) atoms. The monoisotopic (exact) mass is 316 g/mol. The summed E-state index contributed by atoms with van der Waals surface area (Å²) >= 11 is 1.72. The van der Waals surface area contributed by atoms with Crippen molar-refractivity contribution in [3.05, 3.63) is 52.0 Å². The van der Waals surface area contributed by atoms with Gasteiger partial charge in [-0.25, -0.2) is 4.98 Å². The van der Waals surface area contributed by atoms with Crippen molar-refractivity contribution in [1.29, 1.82) is 0 Å². The Bertz CT molecular complexity index is 577. The SMILES string of the molecule is CCc1nc(CNC(=NC)NCCCc2ccccc2)cs1. The number of nitrogens with one attached hydrogen (secondary N) is 2. The summed E-state index contributed by atoms with van der Waals surface area (Å²) < 4.78 is 0. The molecule has 1 heterocycles. The molecule has 0 amide bonds. The Kier molecular flexibility index (Phi) is 6.90. The largest absolute Gasteiger partial charge is 0.356 e. The number of thiazole rings is 1. The van der Waals surface area contributed by atoms with Crippen molar-refractivity contribution >= 4 is 17.3 Å². The fraction of sp³-hybridized carbons (Fsp3) is 0.412. The van der Waals surface area contributed by atoms with E-state index in [9.17, 15) is 0 Å². The number of aryl methyl sites for hydroxylation is 2. The number of guanidine groups is 1. The molecule has 0 unspecified atom stereocenters. The van der Waals surface area contributed by atoms with E-state index in [0.29, 0.717) is 0 Å². The van der Waals surface area contributed by atoms with Gasteiger partial charge in [-0.15, -0.1) is 11.3 Å². The first-order valence-corrected chi connectivity index (χ1v) is 8.61. The van der Waals surface area contributed by atoms with Gasteiger partial charge < -0.3 is 10.6 Å². The topological polar surface area (TPSA) is 49.3 Å².